The molecule has 0 unspecified atom stereocenters. The number of aryl methyl sites for hydroxylation is 2. The summed E-state index contributed by atoms with van der Waals surface area (Å²) in [4.78, 5) is 26.0. The number of rotatable bonds is 4. The number of nitrogens with one attached hydrogen (secondary N) is 1. The first-order valence-electron chi connectivity index (χ1n) is 9.87. The monoisotopic (exact) mass is 387 g/mol. The van der Waals surface area contributed by atoms with Crippen LogP contribution in [0.5, 0.6) is 0 Å². The molecule has 2 aromatic carbocycles. The molecule has 1 fully saturated rings. The minimum absolute atomic E-state index is 0.0887. The molecule has 0 atom stereocenters. The van der Waals surface area contributed by atoms with E-state index in [1.54, 1.807) is 0 Å². The first-order chi connectivity index (χ1) is 14.1. The third-order valence-corrected chi connectivity index (χ3v) is 5.06. The van der Waals surface area contributed by atoms with Gasteiger partial charge < -0.3 is 15.1 Å². The molecule has 6 heteroatoms. The van der Waals surface area contributed by atoms with E-state index in [9.17, 15) is 4.79 Å². The molecule has 4 rings (SSSR count). The molecule has 0 bridgehead atoms. The van der Waals surface area contributed by atoms with Crippen LogP contribution in [0.25, 0.3) is 0 Å². The fourth-order valence-electron chi connectivity index (χ4n) is 3.44. The highest BCUT2D eigenvalue weighted by molar-refractivity contribution is 5.94. The molecule has 3 aromatic rings. The van der Waals surface area contributed by atoms with Gasteiger partial charge in [-0.15, -0.1) is 0 Å². The summed E-state index contributed by atoms with van der Waals surface area (Å²) in [5.41, 5.74) is 3.82. The highest BCUT2D eigenvalue weighted by atomic mass is 16.2. The van der Waals surface area contributed by atoms with Crippen molar-refractivity contribution in [2.75, 3.05) is 36.4 Å². The van der Waals surface area contributed by atoms with Crippen molar-refractivity contribution in [3.8, 4) is 0 Å². The van der Waals surface area contributed by atoms with Crippen LogP contribution in [0.2, 0.25) is 0 Å². The molecule has 0 saturated carbocycles. The van der Waals surface area contributed by atoms with Crippen molar-refractivity contribution < 1.29 is 4.79 Å². The molecule has 0 aliphatic carbocycles. The van der Waals surface area contributed by atoms with Crippen LogP contribution >= 0.6 is 0 Å². The summed E-state index contributed by atoms with van der Waals surface area (Å²) in [6.07, 6.45) is 0. The molecule has 1 saturated heterocycles. The number of piperazine rings is 1. The number of hydrogen-bond donors (Lipinski definition) is 1. The summed E-state index contributed by atoms with van der Waals surface area (Å²) in [5.74, 6) is 1.57. The summed E-state index contributed by atoms with van der Waals surface area (Å²) < 4.78 is 0. The third-order valence-electron chi connectivity index (χ3n) is 5.06. The minimum atomic E-state index is 0.0887. The van der Waals surface area contributed by atoms with Crippen molar-refractivity contribution in [2.24, 2.45) is 0 Å². The number of anilines is 3. The van der Waals surface area contributed by atoms with Crippen LogP contribution in [0, 0.1) is 13.8 Å². The summed E-state index contributed by atoms with van der Waals surface area (Å²) in [5, 5.41) is 3.29. The molecule has 1 aliphatic rings. The van der Waals surface area contributed by atoms with Gasteiger partial charge in [-0.2, -0.15) is 4.98 Å². The number of hydrogen-bond acceptors (Lipinski definition) is 5. The van der Waals surface area contributed by atoms with Crippen LogP contribution in [-0.4, -0.2) is 47.0 Å². The summed E-state index contributed by atoms with van der Waals surface area (Å²) in [7, 11) is 0. The van der Waals surface area contributed by atoms with Crippen molar-refractivity contribution in [1.29, 1.82) is 0 Å². The fraction of sp³-hybridized carbons (Fsp3) is 0.261. The predicted octanol–water partition coefficient (Wildman–Crippen LogP) is 3.80. The van der Waals surface area contributed by atoms with E-state index in [4.69, 9.17) is 4.98 Å². The maximum absolute atomic E-state index is 12.7. The molecular weight excluding hydrogens is 362 g/mol. The molecule has 0 spiro atoms. The van der Waals surface area contributed by atoms with Gasteiger partial charge in [0.15, 0.2) is 0 Å². The number of aromatic nitrogens is 2. The van der Waals surface area contributed by atoms with E-state index < -0.39 is 0 Å². The smallest absolute Gasteiger partial charge is 0.253 e. The second kappa shape index (κ2) is 8.31. The standard InChI is InChI=1S/C23H25N5O/c1-17-8-10-20(11-9-17)25-23-24-18(2)16-21(26-23)27-12-14-28(15-13-27)22(29)19-6-4-3-5-7-19/h3-11,16H,12-15H2,1-2H3,(H,24,25,26). The van der Waals surface area contributed by atoms with Crippen LogP contribution < -0.4 is 10.2 Å². The van der Waals surface area contributed by atoms with Gasteiger partial charge in [0.1, 0.15) is 5.82 Å². The van der Waals surface area contributed by atoms with Gasteiger partial charge in [-0.05, 0) is 38.1 Å². The van der Waals surface area contributed by atoms with E-state index >= 15 is 0 Å². The Morgan fingerprint density at radius 2 is 1.59 bits per heavy atom. The minimum Gasteiger partial charge on any atom is -0.353 e. The highest BCUT2D eigenvalue weighted by Crippen LogP contribution is 2.20. The zero-order chi connectivity index (χ0) is 20.2. The van der Waals surface area contributed by atoms with Crippen molar-refractivity contribution >= 4 is 23.4 Å². The van der Waals surface area contributed by atoms with Crippen LogP contribution in [0.4, 0.5) is 17.5 Å². The second-order valence-corrected chi connectivity index (χ2v) is 7.33. The van der Waals surface area contributed by atoms with Gasteiger partial charge in [0.2, 0.25) is 5.95 Å². The van der Waals surface area contributed by atoms with Crippen molar-refractivity contribution in [2.45, 2.75) is 13.8 Å². The lowest BCUT2D eigenvalue weighted by molar-refractivity contribution is 0.0746. The second-order valence-electron chi connectivity index (χ2n) is 7.33. The Hall–Kier alpha value is -3.41. The highest BCUT2D eigenvalue weighted by Gasteiger charge is 2.23. The van der Waals surface area contributed by atoms with E-state index in [-0.39, 0.29) is 5.91 Å². The Morgan fingerprint density at radius 1 is 0.897 bits per heavy atom. The maximum atomic E-state index is 12.7. The largest absolute Gasteiger partial charge is 0.353 e. The molecule has 6 nitrogen and oxygen atoms in total. The lowest BCUT2D eigenvalue weighted by atomic mass is 10.2. The quantitative estimate of drug-likeness (QED) is 0.738. The Balaban J connectivity index is 1.43. The van der Waals surface area contributed by atoms with Crippen molar-refractivity contribution in [1.82, 2.24) is 14.9 Å². The first-order valence-corrected chi connectivity index (χ1v) is 9.87. The zero-order valence-electron chi connectivity index (χ0n) is 16.8. The molecule has 1 N–H and O–H groups in total. The van der Waals surface area contributed by atoms with Crippen LogP contribution in [0.15, 0.2) is 60.7 Å². The average molecular weight is 387 g/mol. The molecule has 2 heterocycles. The lowest BCUT2D eigenvalue weighted by Gasteiger charge is -2.35. The van der Waals surface area contributed by atoms with E-state index in [1.807, 2.05) is 60.4 Å². The van der Waals surface area contributed by atoms with Gasteiger partial charge in [0.25, 0.3) is 5.91 Å². The third kappa shape index (κ3) is 4.54. The Bertz CT molecular complexity index is 980. The van der Waals surface area contributed by atoms with E-state index in [0.29, 0.717) is 19.0 Å². The molecule has 1 amide bonds. The number of benzene rings is 2. The Labute approximate surface area is 171 Å². The van der Waals surface area contributed by atoms with E-state index in [0.717, 1.165) is 35.9 Å². The zero-order valence-corrected chi connectivity index (χ0v) is 16.8. The number of nitrogens with zero attached hydrogens (tertiary/aromatic N) is 4. The fourth-order valence-corrected chi connectivity index (χ4v) is 3.44. The maximum Gasteiger partial charge on any atom is 0.253 e. The van der Waals surface area contributed by atoms with Gasteiger partial charge >= 0.3 is 0 Å². The van der Waals surface area contributed by atoms with Gasteiger partial charge in [0.05, 0.1) is 0 Å². The van der Waals surface area contributed by atoms with Gasteiger partial charge in [0, 0.05) is 49.2 Å². The normalized spacial score (nSPS) is 14.0. The van der Waals surface area contributed by atoms with Crippen molar-refractivity contribution in [3.63, 3.8) is 0 Å². The van der Waals surface area contributed by atoms with Crippen molar-refractivity contribution in [3.05, 3.63) is 77.5 Å². The average Bonchev–Trinajstić information content (AvgIpc) is 2.75. The molecule has 0 radical (unpaired) electrons. The summed E-state index contributed by atoms with van der Waals surface area (Å²) in [6, 6.07) is 19.6. The summed E-state index contributed by atoms with van der Waals surface area (Å²) in [6.45, 7) is 6.89. The van der Waals surface area contributed by atoms with Crippen LogP contribution in [-0.2, 0) is 0 Å². The first kappa shape index (κ1) is 18.9. The van der Waals surface area contributed by atoms with Crippen LogP contribution in [0.3, 0.4) is 0 Å². The Morgan fingerprint density at radius 3 is 2.28 bits per heavy atom. The molecule has 1 aliphatic heterocycles. The predicted molar refractivity (Wildman–Crippen MR) is 116 cm³/mol. The topological polar surface area (TPSA) is 61.4 Å². The van der Waals surface area contributed by atoms with Gasteiger partial charge in [-0.3, -0.25) is 4.79 Å². The molecule has 148 valence electrons. The van der Waals surface area contributed by atoms with Gasteiger partial charge in [-0.25, -0.2) is 4.98 Å². The van der Waals surface area contributed by atoms with E-state index in [2.05, 4.69) is 34.3 Å². The SMILES string of the molecule is Cc1ccc(Nc2nc(C)cc(N3CCN(C(=O)c4ccccc4)CC3)n2)cc1. The van der Waals surface area contributed by atoms with Gasteiger partial charge in [-0.1, -0.05) is 35.9 Å². The molecule has 29 heavy (non-hydrogen) atoms. The number of carbonyl (C=O) groups excluding carboxylic acids is 1. The van der Waals surface area contributed by atoms with E-state index in [1.165, 1.54) is 5.56 Å². The van der Waals surface area contributed by atoms with Crippen LogP contribution in [0.1, 0.15) is 21.6 Å². The Kier molecular flexibility index (Phi) is 5.42. The molecular formula is C23H25N5O. The molecule has 1 aromatic heterocycles. The number of amides is 1. The lowest BCUT2D eigenvalue weighted by Crippen LogP contribution is -2.49. The number of carbonyl (C=O) groups is 1. The summed E-state index contributed by atoms with van der Waals surface area (Å²) >= 11 is 0.